The van der Waals surface area contributed by atoms with Gasteiger partial charge in [0.2, 0.25) is 0 Å². The molecule has 1 aromatic heterocycles. The average Bonchev–Trinajstić information content (AvgIpc) is 2.67. The Morgan fingerprint density at radius 3 is 2.29 bits per heavy atom. The molecule has 4 nitrogen and oxygen atoms in total. The zero-order chi connectivity index (χ0) is 20.2. The molecule has 3 aromatic rings. The van der Waals surface area contributed by atoms with Crippen molar-refractivity contribution in [3.8, 4) is 0 Å². The van der Waals surface area contributed by atoms with Crippen molar-refractivity contribution >= 4 is 27.9 Å². The fourth-order valence-electron chi connectivity index (χ4n) is 2.40. The number of nitrogens with zero attached hydrogens (tertiary/aromatic N) is 1. The topological polar surface area (TPSA) is 59.1 Å². The van der Waals surface area contributed by atoms with E-state index in [9.17, 15) is 21.6 Å². The molecule has 0 aliphatic rings. The molecular weight excluding hydrogens is 389 g/mol. The number of hydrogen-bond donors (Lipinski definition) is 1. The summed E-state index contributed by atoms with van der Waals surface area (Å²) < 4.78 is 65.1. The third kappa shape index (κ3) is 4.98. The Balaban J connectivity index is 1.78. The fraction of sp³-hybridized carbons (Fsp3) is 0.0500. The standard InChI is InChI=1S/C20H15F3N2O2S/c21-20(22,23)16-8-11-19(12-9-16)28(26,27)25-18-6-3-4-15(14-18)7-10-17-5-1-2-13-24-17/h1-14,25H/b10-7+. The van der Waals surface area contributed by atoms with E-state index in [0.717, 1.165) is 35.5 Å². The average molecular weight is 404 g/mol. The summed E-state index contributed by atoms with van der Waals surface area (Å²) in [5.74, 6) is 0. The van der Waals surface area contributed by atoms with Crippen LogP contribution in [-0.2, 0) is 16.2 Å². The monoisotopic (exact) mass is 404 g/mol. The number of anilines is 1. The van der Waals surface area contributed by atoms with Crippen LogP contribution >= 0.6 is 0 Å². The van der Waals surface area contributed by atoms with E-state index in [-0.39, 0.29) is 4.90 Å². The van der Waals surface area contributed by atoms with Gasteiger partial charge in [-0.15, -0.1) is 0 Å². The Morgan fingerprint density at radius 2 is 1.64 bits per heavy atom. The van der Waals surface area contributed by atoms with E-state index in [1.807, 2.05) is 12.1 Å². The van der Waals surface area contributed by atoms with Crippen molar-refractivity contribution in [2.75, 3.05) is 4.72 Å². The third-order valence-electron chi connectivity index (χ3n) is 3.77. The van der Waals surface area contributed by atoms with Crippen LogP contribution in [0, 0.1) is 0 Å². The molecule has 0 atom stereocenters. The van der Waals surface area contributed by atoms with Crippen molar-refractivity contribution in [2.24, 2.45) is 0 Å². The molecule has 0 amide bonds. The van der Waals surface area contributed by atoms with Gasteiger partial charge >= 0.3 is 6.18 Å². The minimum atomic E-state index is -4.52. The third-order valence-corrected chi connectivity index (χ3v) is 5.16. The zero-order valence-electron chi connectivity index (χ0n) is 14.4. The first-order chi connectivity index (χ1) is 13.2. The number of pyridine rings is 1. The smallest absolute Gasteiger partial charge is 0.280 e. The first-order valence-corrected chi connectivity index (χ1v) is 9.62. The second kappa shape index (κ2) is 7.85. The zero-order valence-corrected chi connectivity index (χ0v) is 15.2. The maximum absolute atomic E-state index is 12.6. The van der Waals surface area contributed by atoms with Crippen LogP contribution in [0.5, 0.6) is 0 Å². The van der Waals surface area contributed by atoms with E-state index >= 15 is 0 Å². The van der Waals surface area contributed by atoms with E-state index in [0.29, 0.717) is 5.69 Å². The molecule has 0 aliphatic carbocycles. The molecule has 0 saturated carbocycles. The quantitative estimate of drug-likeness (QED) is 0.646. The molecule has 3 rings (SSSR count). The molecule has 1 heterocycles. The lowest BCUT2D eigenvalue weighted by Gasteiger charge is -2.10. The number of aromatic nitrogens is 1. The number of alkyl halides is 3. The van der Waals surface area contributed by atoms with Crippen LogP contribution in [0.2, 0.25) is 0 Å². The van der Waals surface area contributed by atoms with Crippen molar-refractivity contribution in [2.45, 2.75) is 11.1 Å². The van der Waals surface area contributed by atoms with Crippen LogP contribution in [0.25, 0.3) is 12.2 Å². The Labute approximate surface area is 160 Å². The Hall–Kier alpha value is -3.13. The fourth-order valence-corrected chi connectivity index (χ4v) is 3.45. The molecule has 0 saturated heterocycles. The second-order valence-electron chi connectivity index (χ2n) is 5.84. The molecular formula is C20H15F3N2O2S. The summed E-state index contributed by atoms with van der Waals surface area (Å²) in [6.45, 7) is 0. The van der Waals surface area contributed by atoms with Gasteiger partial charge in [0.25, 0.3) is 10.0 Å². The van der Waals surface area contributed by atoms with Crippen LogP contribution in [0.3, 0.4) is 0 Å². The van der Waals surface area contributed by atoms with Crippen LogP contribution in [0.15, 0.2) is 77.8 Å². The molecule has 8 heteroatoms. The first kappa shape index (κ1) is 19.6. The van der Waals surface area contributed by atoms with Crippen LogP contribution in [0.4, 0.5) is 18.9 Å². The number of rotatable bonds is 5. The summed E-state index contributed by atoms with van der Waals surface area (Å²) in [4.78, 5) is 3.91. The van der Waals surface area contributed by atoms with Gasteiger partial charge in [0.05, 0.1) is 16.2 Å². The van der Waals surface area contributed by atoms with Gasteiger partial charge in [-0.25, -0.2) is 8.42 Å². The Morgan fingerprint density at radius 1 is 0.893 bits per heavy atom. The normalized spacial score (nSPS) is 12.2. The van der Waals surface area contributed by atoms with Gasteiger partial charge in [0.1, 0.15) is 0 Å². The summed E-state index contributed by atoms with van der Waals surface area (Å²) in [5, 5.41) is 0. The molecule has 0 bridgehead atoms. The van der Waals surface area contributed by atoms with Gasteiger partial charge in [-0.1, -0.05) is 24.3 Å². The Kier molecular flexibility index (Phi) is 5.51. The maximum Gasteiger partial charge on any atom is 0.416 e. The highest BCUT2D eigenvalue weighted by molar-refractivity contribution is 7.92. The van der Waals surface area contributed by atoms with Gasteiger partial charge in [-0.2, -0.15) is 13.2 Å². The lowest BCUT2D eigenvalue weighted by molar-refractivity contribution is -0.137. The van der Waals surface area contributed by atoms with E-state index < -0.39 is 21.8 Å². The Bertz CT molecular complexity index is 1080. The molecule has 0 spiro atoms. The number of benzene rings is 2. The molecule has 0 radical (unpaired) electrons. The van der Waals surface area contributed by atoms with Gasteiger partial charge in [0.15, 0.2) is 0 Å². The highest BCUT2D eigenvalue weighted by Gasteiger charge is 2.30. The highest BCUT2D eigenvalue weighted by Crippen LogP contribution is 2.30. The number of hydrogen-bond acceptors (Lipinski definition) is 3. The molecule has 28 heavy (non-hydrogen) atoms. The number of nitrogens with one attached hydrogen (secondary N) is 1. The number of sulfonamides is 1. The molecule has 0 fully saturated rings. The molecule has 2 aromatic carbocycles. The second-order valence-corrected chi connectivity index (χ2v) is 7.52. The molecule has 0 unspecified atom stereocenters. The van der Waals surface area contributed by atoms with Gasteiger partial charge in [-0.3, -0.25) is 9.71 Å². The van der Waals surface area contributed by atoms with Gasteiger partial charge in [-0.05, 0) is 60.2 Å². The van der Waals surface area contributed by atoms with Crippen LogP contribution in [-0.4, -0.2) is 13.4 Å². The molecule has 144 valence electrons. The van der Waals surface area contributed by atoms with Crippen molar-refractivity contribution in [1.82, 2.24) is 4.98 Å². The summed E-state index contributed by atoms with van der Waals surface area (Å²) in [6, 6.07) is 15.4. The summed E-state index contributed by atoms with van der Waals surface area (Å²) in [5.41, 5.74) is 0.868. The minimum Gasteiger partial charge on any atom is -0.280 e. The van der Waals surface area contributed by atoms with E-state index in [2.05, 4.69) is 9.71 Å². The minimum absolute atomic E-state index is 0.255. The van der Waals surface area contributed by atoms with Crippen molar-refractivity contribution in [1.29, 1.82) is 0 Å². The summed E-state index contributed by atoms with van der Waals surface area (Å²) >= 11 is 0. The molecule has 0 aliphatic heterocycles. The highest BCUT2D eigenvalue weighted by atomic mass is 32.2. The van der Waals surface area contributed by atoms with Crippen molar-refractivity contribution in [3.05, 3.63) is 89.7 Å². The lowest BCUT2D eigenvalue weighted by Crippen LogP contribution is -2.13. The largest absolute Gasteiger partial charge is 0.416 e. The van der Waals surface area contributed by atoms with E-state index in [4.69, 9.17) is 0 Å². The summed E-state index contributed by atoms with van der Waals surface area (Å²) in [7, 11) is -4.01. The van der Waals surface area contributed by atoms with Crippen LogP contribution < -0.4 is 4.72 Å². The van der Waals surface area contributed by atoms with Crippen molar-refractivity contribution < 1.29 is 21.6 Å². The first-order valence-electron chi connectivity index (χ1n) is 8.13. The van der Waals surface area contributed by atoms with Gasteiger partial charge < -0.3 is 0 Å². The summed E-state index contributed by atoms with van der Waals surface area (Å²) in [6.07, 6.45) is 0.694. The number of halogens is 3. The maximum atomic E-state index is 12.6. The lowest BCUT2D eigenvalue weighted by atomic mass is 10.2. The van der Waals surface area contributed by atoms with Crippen LogP contribution in [0.1, 0.15) is 16.8 Å². The van der Waals surface area contributed by atoms with Crippen molar-refractivity contribution in [3.63, 3.8) is 0 Å². The predicted molar refractivity (Wildman–Crippen MR) is 102 cm³/mol. The molecule has 1 N–H and O–H groups in total. The predicted octanol–water partition coefficient (Wildman–Crippen LogP) is 5.07. The van der Waals surface area contributed by atoms with E-state index in [1.54, 1.807) is 48.7 Å². The SMILES string of the molecule is O=S(=O)(Nc1cccc(/C=C/c2ccccn2)c1)c1ccc(C(F)(F)F)cc1. The van der Waals surface area contributed by atoms with Gasteiger partial charge in [0, 0.05) is 11.9 Å². The van der Waals surface area contributed by atoms with E-state index in [1.165, 1.54) is 0 Å².